The summed E-state index contributed by atoms with van der Waals surface area (Å²) in [6.07, 6.45) is 1.01. The van der Waals surface area contributed by atoms with Crippen molar-refractivity contribution < 1.29 is 27.8 Å². The summed E-state index contributed by atoms with van der Waals surface area (Å²) >= 11 is 0.969. The first-order valence-corrected chi connectivity index (χ1v) is 14.1. The minimum Gasteiger partial charge on any atom is -0.388 e. The quantitative estimate of drug-likeness (QED) is 0.274. The number of benzene rings is 1. The van der Waals surface area contributed by atoms with E-state index in [1.54, 1.807) is 19.2 Å². The van der Waals surface area contributed by atoms with E-state index in [0.717, 1.165) is 29.0 Å². The molecule has 1 unspecified atom stereocenters. The van der Waals surface area contributed by atoms with Crippen molar-refractivity contribution in [3.05, 3.63) is 64.9 Å². The van der Waals surface area contributed by atoms with Gasteiger partial charge < -0.3 is 16.2 Å². The van der Waals surface area contributed by atoms with Crippen LogP contribution >= 0.6 is 21.9 Å². The van der Waals surface area contributed by atoms with Crippen molar-refractivity contribution in [2.24, 2.45) is 5.73 Å². The molecule has 1 aromatic carbocycles. The fourth-order valence-corrected chi connectivity index (χ4v) is 6.36. The number of halogens is 2. The molecule has 194 valence electrons. The molecule has 0 bridgehead atoms. The van der Waals surface area contributed by atoms with E-state index in [9.17, 15) is 27.8 Å². The lowest BCUT2D eigenvalue weighted by molar-refractivity contribution is 0.100. The lowest BCUT2D eigenvalue weighted by Gasteiger charge is -2.40. The third-order valence-electron chi connectivity index (χ3n) is 6.02. The molecule has 1 saturated heterocycles. The van der Waals surface area contributed by atoms with Crippen LogP contribution in [0.15, 0.2) is 36.5 Å². The second kappa shape index (κ2) is 10.8. The zero-order valence-corrected chi connectivity index (χ0v) is 21.2. The molecule has 0 aliphatic carbocycles. The smallest absolute Gasteiger partial charge is 0.251 e. The van der Waals surface area contributed by atoms with Crippen molar-refractivity contribution in [2.75, 3.05) is 29.9 Å². The van der Waals surface area contributed by atoms with Crippen LogP contribution in [0.5, 0.6) is 0 Å². The van der Waals surface area contributed by atoms with Crippen molar-refractivity contribution >= 4 is 38.7 Å². The van der Waals surface area contributed by atoms with Crippen molar-refractivity contribution in [1.29, 1.82) is 0 Å². The summed E-state index contributed by atoms with van der Waals surface area (Å²) in [5.74, 6) is -1.30. The van der Waals surface area contributed by atoms with Gasteiger partial charge >= 0.3 is 0 Å². The number of primary amides is 1. The van der Waals surface area contributed by atoms with Crippen LogP contribution in [0.3, 0.4) is 0 Å². The molecule has 4 rings (SSSR count). The molecule has 0 spiro atoms. The number of carbonyl (C=O) groups excluding carboxylic acids is 1. The monoisotopic (exact) mass is 538 g/mol. The number of rotatable bonds is 8. The number of anilines is 2. The normalized spacial score (nSPS) is 17.5. The van der Waals surface area contributed by atoms with Gasteiger partial charge in [0.15, 0.2) is 0 Å². The molecule has 0 saturated carbocycles. The summed E-state index contributed by atoms with van der Waals surface area (Å²) in [7, 11) is -2.45. The predicted octanol–water partition coefficient (Wildman–Crippen LogP) is 4.94. The van der Waals surface area contributed by atoms with Gasteiger partial charge in [0.1, 0.15) is 22.5 Å². The van der Waals surface area contributed by atoms with Gasteiger partial charge in [0.2, 0.25) is 0 Å². The first-order valence-electron chi connectivity index (χ1n) is 11.3. The summed E-state index contributed by atoms with van der Waals surface area (Å²) in [5, 5.41) is 13.2. The molecule has 1 fully saturated rings. The SMILES string of the molecule is CCC(O)c1cc(F)c(-c2cc(C(N)=O)c(Nc3ccc(CN4CCS(O)(O)CC4)cn3)s2)c(F)c1. The van der Waals surface area contributed by atoms with E-state index < -0.39 is 34.2 Å². The fraction of sp³-hybridized carbons (Fsp3) is 0.333. The number of thiophene rings is 1. The molecule has 1 amide bonds. The Morgan fingerprint density at radius 3 is 2.44 bits per heavy atom. The van der Waals surface area contributed by atoms with Gasteiger partial charge in [0, 0.05) is 30.7 Å². The predicted molar refractivity (Wildman–Crippen MR) is 139 cm³/mol. The maximum Gasteiger partial charge on any atom is 0.251 e. The number of aliphatic hydroxyl groups excluding tert-OH is 1. The van der Waals surface area contributed by atoms with Crippen LogP contribution in [-0.4, -0.2) is 54.6 Å². The van der Waals surface area contributed by atoms with E-state index in [4.69, 9.17) is 5.73 Å². The standard InChI is InChI=1S/C24H28F2N4O4S2/c1-2-19(31)15-9-17(25)22(18(26)10-15)20-11-16(23(27)32)24(35-20)29-21-4-3-14(12-28-21)13-30-5-7-36(33,34)8-6-30/h3-4,9-12,19,31,33-34H,2,5-8,13H2,1H3,(H2,27,32)(H,28,29). The van der Waals surface area contributed by atoms with E-state index in [1.165, 1.54) is 6.07 Å². The summed E-state index contributed by atoms with van der Waals surface area (Å²) in [6, 6.07) is 7.10. The Labute approximate surface area is 213 Å². The molecule has 6 N–H and O–H groups in total. The number of carbonyl (C=O) groups is 1. The Bertz CT molecular complexity index is 1220. The summed E-state index contributed by atoms with van der Waals surface area (Å²) in [6.45, 7) is 3.50. The van der Waals surface area contributed by atoms with Crippen LogP contribution < -0.4 is 11.1 Å². The molecule has 12 heteroatoms. The van der Waals surface area contributed by atoms with Crippen LogP contribution in [-0.2, 0) is 6.54 Å². The number of nitrogens with zero attached hydrogens (tertiary/aromatic N) is 2. The fourth-order valence-electron chi connectivity index (χ4n) is 3.94. The highest BCUT2D eigenvalue weighted by atomic mass is 32.3. The minimum atomic E-state index is -2.45. The average Bonchev–Trinajstić information content (AvgIpc) is 3.24. The van der Waals surface area contributed by atoms with E-state index in [-0.39, 0.29) is 21.6 Å². The second-order valence-electron chi connectivity index (χ2n) is 8.66. The molecule has 3 heterocycles. The van der Waals surface area contributed by atoms with Gasteiger partial charge in [-0.3, -0.25) is 18.8 Å². The number of nitrogens with one attached hydrogen (secondary N) is 1. The number of pyridine rings is 1. The van der Waals surface area contributed by atoms with Crippen LogP contribution in [0.2, 0.25) is 0 Å². The Hall–Kier alpha value is -2.61. The van der Waals surface area contributed by atoms with Crippen LogP contribution in [0.1, 0.15) is 40.9 Å². The highest BCUT2D eigenvalue weighted by Crippen LogP contribution is 2.41. The topological polar surface area (TPSA) is 132 Å². The van der Waals surface area contributed by atoms with Gasteiger partial charge in [0.05, 0.1) is 28.7 Å². The van der Waals surface area contributed by atoms with E-state index in [0.29, 0.717) is 48.4 Å². The third kappa shape index (κ3) is 6.02. The van der Waals surface area contributed by atoms with Gasteiger partial charge in [0.25, 0.3) is 5.91 Å². The Morgan fingerprint density at radius 1 is 1.22 bits per heavy atom. The second-order valence-corrected chi connectivity index (χ2v) is 12.1. The molecule has 3 aromatic rings. The van der Waals surface area contributed by atoms with Gasteiger partial charge in [-0.25, -0.2) is 13.8 Å². The zero-order valence-electron chi connectivity index (χ0n) is 19.6. The molecular formula is C24H28F2N4O4S2. The Balaban J connectivity index is 1.53. The highest BCUT2D eigenvalue weighted by molar-refractivity contribution is 8.24. The van der Waals surface area contributed by atoms with Gasteiger partial charge in [-0.2, -0.15) is 10.6 Å². The Morgan fingerprint density at radius 2 is 1.89 bits per heavy atom. The third-order valence-corrected chi connectivity index (χ3v) is 8.76. The summed E-state index contributed by atoms with van der Waals surface area (Å²) in [4.78, 5) is 18.7. The number of aromatic nitrogens is 1. The maximum absolute atomic E-state index is 14.8. The summed E-state index contributed by atoms with van der Waals surface area (Å²) < 4.78 is 49.1. The van der Waals surface area contributed by atoms with Crippen LogP contribution in [0.4, 0.5) is 19.6 Å². The zero-order chi connectivity index (χ0) is 26.0. The molecular weight excluding hydrogens is 510 g/mol. The largest absolute Gasteiger partial charge is 0.388 e. The number of amides is 1. The maximum atomic E-state index is 14.8. The van der Waals surface area contributed by atoms with Crippen molar-refractivity contribution in [3.63, 3.8) is 0 Å². The van der Waals surface area contributed by atoms with E-state index in [1.807, 2.05) is 6.07 Å². The van der Waals surface area contributed by atoms with Gasteiger partial charge in [-0.15, -0.1) is 11.3 Å². The number of hydrogen-bond acceptors (Lipinski definition) is 8. The molecule has 0 radical (unpaired) electrons. The first kappa shape index (κ1) is 26.5. The number of aliphatic hydroxyl groups is 1. The first-order chi connectivity index (χ1) is 17.1. The lowest BCUT2D eigenvalue weighted by atomic mass is 10.0. The molecule has 1 atom stereocenters. The molecule has 8 nitrogen and oxygen atoms in total. The lowest BCUT2D eigenvalue weighted by Crippen LogP contribution is -2.37. The van der Waals surface area contributed by atoms with E-state index >= 15 is 0 Å². The molecule has 36 heavy (non-hydrogen) atoms. The van der Waals surface area contributed by atoms with Crippen molar-refractivity contribution in [1.82, 2.24) is 9.88 Å². The van der Waals surface area contributed by atoms with E-state index in [2.05, 4.69) is 15.2 Å². The molecule has 1 aliphatic rings. The van der Waals surface area contributed by atoms with Gasteiger partial charge in [-0.05, 0) is 41.8 Å². The highest BCUT2D eigenvalue weighted by Gasteiger charge is 2.23. The number of hydrogen-bond donors (Lipinski definition) is 5. The van der Waals surface area contributed by atoms with Gasteiger partial charge in [-0.1, -0.05) is 13.0 Å². The number of nitrogens with two attached hydrogens (primary N) is 1. The summed E-state index contributed by atoms with van der Waals surface area (Å²) in [5.41, 5.74) is 6.36. The van der Waals surface area contributed by atoms with Crippen LogP contribution in [0.25, 0.3) is 10.4 Å². The van der Waals surface area contributed by atoms with Crippen molar-refractivity contribution in [3.8, 4) is 10.4 Å². The Kier molecular flexibility index (Phi) is 7.93. The average molecular weight is 539 g/mol. The minimum absolute atomic E-state index is 0.0738. The molecule has 2 aromatic heterocycles. The molecule has 1 aliphatic heterocycles. The van der Waals surface area contributed by atoms with Crippen molar-refractivity contribution in [2.45, 2.75) is 26.0 Å². The van der Waals surface area contributed by atoms with Crippen LogP contribution in [0, 0.1) is 11.6 Å².